The molecule has 0 fully saturated rings. The number of hydrogen-bond donors (Lipinski definition) is 0. The van der Waals surface area contributed by atoms with Crippen LogP contribution in [0.5, 0.6) is 5.75 Å². The Kier molecular flexibility index (Phi) is 8.28. The van der Waals surface area contributed by atoms with Crippen molar-refractivity contribution >= 4 is 19.2 Å². The number of unbranched alkanes of at least 4 members (excludes halogenated alkanes) is 3. The topological polar surface area (TPSA) is 35.5 Å². The van der Waals surface area contributed by atoms with Crippen molar-refractivity contribution in [2.24, 2.45) is 0 Å². The average Bonchev–Trinajstić information content (AvgIpc) is 2.44. The lowest BCUT2D eigenvalue weighted by atomic mass is 10.3. The zero-order valence-electron chi connectivity index (χ0n) is 12.3. The van der Waals surface area contributed by atoms with Crippen LogP contribution in [0.1, 0.15) is 46.0 Å². The van der Waals surface area contributed by atoms with Crippen molar-refractivity contribution in [3.8, 4) is 5.75 Å². The summed E-state index contributed by atoms with van der Waals surface area (Å²) in [7, 11) is -3.11. The van der Waals surface area contributed by atoms with Crippen molar-refractivity contribution in [1.29, 1.82) is 0 Å². The highest BCUT2D eigenvalue weighted by atomic mass is 35.5. The average molecular weight is 319 g/mol. The molecule has 1 unspecified atom stereocenters. The third-order valence-corrected chi connectivity index (χ3v) is 5.12. The number of rotatable bonds is 10. The highest BCUT2D eigenvalue weighted by molar-refractivity contribution is 7.54. The Hall–Kier alpha value is -0.500. The van der Waals surface area contributed by atoms with Gasteiger partial charge in [-0.2, -0.15) is 0 Å². The molecule has 0 saturated carbocycles. The van der Waals surface area contributed by atoms with E-state index in [1.54, 1.807) is 12.1 Å². The molecule has 3 nitrogen and oxygen atoms in total. The summed E-state index contributed by atoms with van der Waals surface area (Å²) < 4.78 is 23.9. The van der Waals surface area contributed by atoms with E-state index in [-0.39, 0.29) is 0 Å². The number of para-hydroxylation sites is 1. The Balaban J connectivity index is 2.67. The molecular weight excluding hydrogens is 295 g/mol. The minimum absolute atomic E-state index is 0.431. The second-order valence-corrected chi connectivity index (χ2v) is 7.27. The van der Waals surface area contributed by atoms with Gasteiger partial charge in [0.15, 0.2) is 0 Å². The lowest BCUT2D eigenvalue weighted by Gasteiger charge is -2.20. The summed E-state index contributed by atoms with van der Waals surface area (Å²) in [6, 6.07) is 7.06. The quantitative estimate of drug-likeness (QED) is 0.397. The molecule has 0 heterocycles. The zero-order valence-corrected chi connectivity index (χ0v) is 14.0. The molecule has 20 heavy (non-hydrogen) atoms. The monoisotopic (exact) mass is 318 g/mol. The van der Waals surface area contributed by atoms with Crippen LogP contribution in [-0.4, -0.2) is 12.8 Å². The molecule has 0 radical (unpaired) electrons. The van der Waals surface area contributed by atoms with E-state index in [0.717, 1.165) is 32.1 Å². The van der Waals surface area contributed by atoms with Crippen molar-refractivity contribution in [3.63, 3.8) is 0 Å². The van der Waals surface area contributed by atoms with E-state index in [4.69, 9.17) is 20.6 Å². The first-order valence-corrected chi connectivity index (χ1v) is 9.39. The normalized spacial score (nSPS) is 13.9. The van der Waals surface area contributed by atoms with E-state index in [1.807, 2.05) is 12.1 Å². The minimum Gasteiger partial charge on any atom is -0.423 e. The largest absolute Gasteiger partial charge is 0.423 e. The van der Waals surface area contributed by atoms with Crippen molar-refractivity contribution in [1.82, 2.24) is 0 Å². The van der Waals surface area contributed by atoms with Gasteiger partial charge in [0.1, 0.15) is 5.75 Å². The van der Waals surface area contributed by atoms with Gasteiger partial charge >= 0.3 is 7.60 Å². The molecule has 0 N–H and O–H groups in total. The van der Waals surface area contributed by atoms with Crippen LogP contribution in [-0.2, 0) is 9.09 Å². The summed E-state index contributed by atoms with van der Waals surface area (Å²) >= 11 is 6.05. The lowest BCUT2D eigenvalue weighted by Crippen LogP contribution is -2.04. The van der Waals surface area contributed by atoms with Gasteiger partial charge in [0.2, 0.25) is 0 Å². The number of halogens is 1. The third-order valence-electron chi connectivity index (χ3n) is 2.90. The predicted octanol–water partition coefficient (Wildman–Crippen LogP) is 5.92. The van der Waals surface area contributed by atoms with Crippen molar-refractivity contribution in [2.75, 3.05) is 12.8 Å². The summed E-state index contributed by atoms with van der Waals surface area (Å²) in [5, 5.41) is 0.460. The molecule has 0 spiro atoms. The van der Waals surface area contributed by atoms with Crippen LogP contribution in [0.25, 0.3) is 0 Å². The molecule has 0 aliphatic heterocycles. The standard InChI is InChI=1S/C15H24ClO3P/c1-3-5-9-12-18-20(17,13-6-4-2)19-15-11-8-7-10-14(15)16/h7-8,10-11H,3-6,9,12-13H2,1-2H3. The summed E-state index contributed by atoms with van der Waals surface area (Å²) in [5.74, 6) is 0.434. The van der Waals surface area contributed by atoms with Gasteiger partial charge in [-0.3, -0.25) is 4.52 Å². The maximum atomic E-state index is 12.8. The molecule has 0 amide bonds. The van der Waals surface area contributed by atoms with Gasteiger partial charge < -0.3 is 4.52 Å². The van der Waals surface area contributed by atoms with Crippen LogP contribution < -0.4 is 4.52 Å². The molecule has 1 aromatic carbocycles. The highest BCUT2D eigenvalue weighted by Gasteiger charge is 2.26. The maximum absolute atomic E-state index is 12.8. The van der Waals surface area contributed by atoms with Gasteiger partial charge in [-0.1, -0.05) is 56.8 Å². The van der Waals surface area contributed by atoms with Gasteiger partial charge in [0.25, 0.3) is 0 Å². The molecule has 1 atom stereocenters. The Bertz CT molecular complexity index is 437. The second-order valence-electron chi connectivity index (χ2n) is 4.75. The van der Waals surface area contributed by atoms with Gasteiger partial charge in [-0.05, 0) is 25.0 Å². The van der Waals surface area contributed by atoms with Crippen LogP contribution in [0, 0.1) is 0 Å². The summed E-state index contributed by atoms with van der Waals surface area (Å²) in [6.07, 6.45) is 5.27. The molecular formula is C15H24ClO3P. The lowest BCUT2D eigenvalue weighted by molar-refractivity contribution is 0.258. The van der Waals surface area contributed by atoms with Crippen LogP contribution in [0.4, 0.5) is 0 Å². The maximum Gasteiger partial charge on any atom is 0.379 e. The first-order chi connectivity index (χ1) is 9.61. The molecule has 0 aliphatic rings. The molecule has 5 heteroatoms. The molecule has 114 valence electrons. The van der Waals surface area contributed by atoms with E-state index in [9.17, 15) is 4.57 Å². The van der Waals surface area contributed by atoms with Gasteiger partial charge in [-0.25, -0.2) is 4.57 Å². The number of benzene rings is 1. The van der Waals surface area contributed by atoms with Crippen LogP contribution in [0.15, 0.2) is 24.3 Å². The fourth-order valence-corrected chi connectivity index (χ4v) is 3.78. The van der Waals surface area contributed by atoms with Gasteiger partial charge in [0.05, 0.1) is 17.8 Å². The fraction of sp³-hybridized carbons (Fsp3) is 0.600. The molecule has 0 saturated heterocycles. The van der Waals surface area contributed by atoms with Crippen molar-refractivity contribution < 1.29 is 13.6 Å². The van der Waals surface area contributed by atoms with E-state index in [2.05, 4.69) is 13.8 Å². The molecule has 0 aromatic heterocycles. The molecule has 0 bridgehead atoms. The second kappa shape index (κ2) is 9.44. The smallest absolute Gasteiger partial charge is 0.379 e. The SMILES string of the molecule is CCCCCOP(=O)(CCCC)Oc1ccccc1Cl. The highest BCUT2D eigenvalue weighted by Crippen LogP contribution is 2.50. The van der Waals surface area contributed by atoms with E-state index < -0.39 is 7.60 Å². The Morgan fingerprint density at radius 2 is 1.80 bits per heavy atom. The minimum atomic E-state index is -3.11. The first-order valence-electron chi connectivity index (χ1n) is 7.29. The third kappa shape index (κ3) is 6.30. The zero-order chi connectivity index (χ0) is 14.8. The van der Waals surface area contributed by atoms with E-state index in [0.29, 0.717) is 23.5 Å². The van der Waals surface area contributed by atoms with Gasteiger partial charge in [-0.15, -0.1) is 0 Å². The number of hydrogen-bond acceptors (Lipinski definition) is 3. The Morgan fingerprint density at radius 3 is 2.45 bits per heavy atom. The van der Waals surface area contributed by atoms with E-state index in [1.165, 1.54) is 0 Å². The fourth-order valence-electron chi connectivity index (χ4n) is 1.71. The Morgan fingerprint density at radius 1 is 1.10 bits per heavy atom. The van der Waals surface area contributed by atoms with Crippen LogP contribution in [0.3, 0.4) is 0 Å². The summed E-state index contributed by atoms with van der Waals surface area (Å²) in [4.78, 5) is 0. The summed E-state index contributed by atoms with van der Waals surface area (Å²) in [5.41, 5.74) is 0. The molecule has 1 rings (SSSR count). The summed E-state index contributed by atoms with van der Waals surface area (Å²) in [6.45, 7) is 4.65. The van der Waals surface area contributed by atoms with Crippen molar-refractivity contribution in [2.45, 2.75) is 46.0 Å². The van der Waals surface area contributed by atoms with Crippen LogP contribution >= 0.6 is 19.2 Å². The first kappa shape index (κ1) is 17.6. The predicted molar refractivity (Wildman–Crippen MR) is 84.9 cm³/mol. The van der Waals surface area contributed by atoms with Crippen LogP contribution in [0.2, 0.25) is 5.02 Å². The molecule has 0 aliphatic carbocycles. The van der Waals surface area contributed by atoms with Gasteiger partial charge in [0, 0.05) is 0 Å². The Labute approximate surface area is 127 Å². The van der Waals surface area contributed by atoms with Crippen molar-refractivity contribution in [3.05, 3.63) is 29.3 Å². The van der Waals surface area contributed by atoms with E-state index >= 15 is 0 Å². The molecule has 1 aromatic rings.